The number of esters is 1. The van der Waals surface area contributed by atoms with Crippen molar-refractivity contribution in [3.05, 3.63) is 41.6 Å². The highest BCUT2D eigenvalue weighted by molar-refractivity contribution is 5.73. The van der Waals surface area contributed by atoms with Gasteiger partial charge in [-0.15, -0.1) is 0 Å². The monoisotopic (exact) mass is 356 g/mol. The normalized spacial score (nSPS) is 16.4. The van der Waals surface area contributed by atoms with Crippen LogP contribution in [0.15, 0.2) is 34.9 Å². The summed E-state index contributed by atoms with van der Waals surface area (Å²) < 4.78 is 10.5. The van der Waals surface area contributed by atoms with Crippen molar-refractivity contribution in [1.82, 2.24) is 10.5 Å². The van der Waals surface area contributed by atoms with Crippen LogP contribution in [0.5, 0.6) is 0 Å². The average Bonchev–Trinajstić information content (AvgIpc) is 3.14. The lowest BCUT2D eigenvalue weighted by atomic mass is 9.94. The summed E-state index contributed by atoms with van der Waals surface area (Å²) in [5.74, 6) is 0.273. The number of nitrogens with one attached hydrogen (secondary N) is 1. The van der Waals surface area contributed by atoms with E-state index in [0.29, 0.717) is 19.0 Å². The van der Waals surface area contributed by atoms with E-state index in [1.54, 1.807) is 0 Å². The van der Waals surface area contributed by atoms with Gasteiger partial charge in [-0.1, -0.05) is 54.2 Å². The maximum Gasteiger partial charge on any atom is 0.310 e. The molecule has 0 spiro atoms. The van der Waals surface area contributed by atoms with Crippen molar-refractivity contribution in [1.29, 1.82) is 0 Å². The van der Waals surface area contributed by atoms with Crippen LogP contribution >= 0.6 is 0 Å². The molecule has 1 saturated carbocycles. The van der Waals surface area contributed by atoms with Crippen LogP contribution in [-0.4, -0.2) is 30.8 Å². The van der Waals surface area contributed by atoms with Crippen LogP contribution in [0.25, 0.3) is 11.3 Å². The molecule has 5 nitrogen and oxygen atoms in total. The lowest BCUT2D eigenvalue weighted by Crippen LogP contribution is -2.38. The Hall–Kier alpha value is -2.14. The van der Waals surface area contributed by atoms with E-state index in [2.05, 4.69) is 17.4 Å². The molecule has 140 valence electrons. The third kappa shape index (κ3) is 4.94. The van der Waals surface area contributed by atoms with Crippen molar-refractivity contribution in [2.24, 2.45) is 5.92 Å². The third-order valence-corrected chi connectivity index (χ3v) is 5.14. The lowest BCUT2D eigenvalue weighted by molar-refractivity contribution is -0.145. The molecule has 1 aliphatic carbocycles. The fourth-order valence-corrected chi connectivity index (χ4v) is 3.54. The Morgan fingerprint density at radius 3 is 2.69 bits per heavy atom. The van der Waals surface area contributed by atoms with Gasteiger partial charge in [0.05, 0.1) is 18.7 Å². The molecule has 3 rings (SSSR count). The maximum absolute atomic E-state index is 12.2. The van der Waals surface area contributed by atoms with Crippen LogP contribution in [-0.2, 0) is 16.0 Å². The zero-order chi connectivity index (χ0) is 18.4. The lowest BCUT2D eigenvalue weighted by Gasteiger charge is -2.24. The van der Waals surface area contributed by atoms with Gasteiger partial charge in [0.25, 0.3) is 0 Å². The molecular formula is C21H28N2O3. The number of carbonyl (C=O) groups excluding carboxylic acids is 1. The predicted molar refractivity (Wildman–Crippen MR) is 101 cm³/mol. The number of hydrogen-bond donors (Lipinski definition) is 1. The van der Waals surface area contributed by atoms with Crippen molar-refractivity contribution in [3.63, 3.8) is 0 Å². The van der Waals surface area contributed by atoms with E-state index in [0.717, 1.165) is 17.0 Å². The van der Waals surface area contributed by atoms with E-state index in [-0.39, 0.29) is 11.9 Å². The maximum atomic E-state index is 12.2. The number of methoxy groups -OCH3 is 1. The first-order valence-electron chi connectivity index (χ1n) is 9.49. The van der Waals surface area contributed by atoms with Gasteiger partial charge in [-0.3, -0.25) is 4.79 Å². The van der Waals surface area contributed by atoms with Gasteiger partial charge in [-0.25, -0.2) is 0 Å². The first-order valence-corrected chi connectivity index (χ1v) is 9.49. The Balaban J connectivity index is 1.62. The van der Waals surface area contributed by atoms with Gasteiger partial charge in [0.2, 0.25) is 0 Å². The van der Waals surface area contributed by atoms with E-state index in [1.807, 2.05) is 30.3 Å². The van der Waals surface area contributed by atoms with E-state index in [1.165, 1.54) is 44.8 Å². The van der Waals surface area contributed by atoms with Gasteiger partial charge < -0.3 is 14.6 Å². The van der Waals surface area contributed by atoms with Crippen LogP contribution in [0.1, 0.15) is 43.4 Å². The van der Waals surface area contributed by atoms with Crippen LogP contribution < -0.4 is 5.32 Å². The standard InChI is InChI=1S/C21H28N2O3/c1-15-8-10-16(11-9-15)20-13-19(23-26-20)12-17(21(24)25-2)14-22-18-6-4-3-5-7-18/h8-11,13,17-18,22H,3-7,12,14H2,1-2H3. The van der Waals surface area contributed by atoms with E-state index in [4.69, 9.17) is 9.26 Å². The number of nitrogens with zero attached hydrogens (tertiary/aromatic N) is 1. The molecule has 1 aromatic carbocycles. The molecule has 0 bridgehead atoms. The Labute approximate surface area is 155 Å². The number of rotatable bonds is 7. The molecule has 26 heavy (non-hydrogen) atoms. The number of benzene rings is 1. The molecule has 5 heteroatoms. The highest BCUT2D eigenvalue weighted by Crippen LogP contribution is 2.23. The Bertz CT molecular complexity index is 702. The predicted octanol–water partition coefficient (Wildman–Crippen LogP) is 3.90. The molecule has 1 aromatic heterocycles. The number of carbonyl (C=O) groups is 1. The fraction of sp³-hybridized carbons (Fsp3) is 0.524. The number of hydrogen-bond acceptors (Lipinski definition) is 5. The quantitative estimate of drug-likeness (QED) is 0.762. The van der Waals surface area contributed by atoms with Gasteiger partial charge in [-0.2, -0.15) is 0 Å². The first kappa shape index (κ1) is 18.6. The summed E-state index contributed by atoms with van der Waals surface area (Å²) in [6, 6.07) is 10.5. The van der Waals surface area contributed by atoms with Crippen molar-refractivity contribution in [2.45, 2.75) is 51.5 Å². The molecule has 1 aliphatic rings. The van der Waals surface area contributed by atoms with E-state index < -0.39 is 0 Å². The van der Waals surface area contributed by atoms with Crippen LogP contribution in [0, 0.1) is 12.8 Å². The molecule has 1 atom stereocenters. The number of ether oxygens (including phenoxy) is 1. The second kappa shape index (κ2) is 8.99. The highest BCUT2D eigenvalue weighted by Gasteiger charge is 2.23. The molecule has 2 aromatic rings. The summed E-state index contributed by atoms with van der Waals surface area (Å²) in [6.07, 6.45) is 6.75. The molecule has 1 N–H and O–H groups in total. The first-order chi connectivity index (χ1) is 12.7. The Kier molecular flexibility index (Phi) is 6.45. The van der Waals surface area contributed by atoms with Gasteiger partial charge in [0.1, 0.15) is 0 Å². The van der Waals surface area contributed by atoms with E-state index >= 15 is 0 Å². The van der Waals surface area contributed by atoms with Crippen molar-refractivity contribution in [3.8, 4) is 11.3 Å². The SMILES string of the molecule is COC(=O)C(CNC1CCCCC1)Cc1cc(-c2ccc(C)cc2)on1. The Morgan fingerprint density at radius 1 is 1.27 bits per heavy atom. The van der Waals surface area contributed by atoms with Gasteiger partial charge in [-0.05, 0) is 19.8 Å². The smallest absolute Gasteiger partial charge is 0.310 e. The topological polar surface area (TPSA) is 64.4 Å². The minimum Gasteiger partial charge on any atom is -0.469 e. The van der Waals surface area contributed by atoms with Crippen LogP contribution in [0.2, 0.25) is 0 Å². The van der Waals surface area contributed by atoms with Crippen molar-refractivity contribution >= 4 is 5.97 Å². The van der Waals surface area contributed by atoms with Crippen LogP contribution in [0.4, 0.5) is 0 Å². The molecule has 0 aliphatic heterocycles. The highest BCUT2D eigenvalue weighted by atomic mass is 16.5. The second-order valence-electron chi connectivity index (χ2n) is 7.22. The third-order valence-electron chi connectivity index (χ3n) is 5.14. The van der Waals surface area contributed by atoms with Crippen molar-refractivity contribution in [2.75, 3.05) is 13.7 Å². The fourth-order valence-electron chi connectivity index (χ4n) is 3.54. The van der Waals surface area contributed by atoms with Gasteiger partial charge >= 0.3 is 5.97 Å². The number of aromatic nitrogens is 1. The zero-order valence-electron chi connectivity index (χ0n) is 15.7. The van der Waals surface area contributed by atoms with Crippen molar-refractivity contribution < 1.29 is 14.1 Å². The Morgan fingerprint density at radius 2 is 2.00 bits per heavy atom. The summed E-state index contributed by atoms with van der Waals surface area (Å²) in [6.45, 7) is 2.67. The van der Waals surface area contributed by atoms with Crippen LogP contribution in [0.3, 0.4) is 0 Å². The summed E-state index contributed by atoms with van der Waals surface area (Å²) >= 11 is 0. The summed E-state index contributed by atoms with van der Waals surface area (Å²) in [5, 5.41) is 7.70. The van der Waals surface area contributed by atoms with Gasteiger partial charge in [0.15, 0.2) is 5.76 Å². The molecule has 1 heterocycles. The van der Waals surface area contributed by atoms with E-state index in [9.17, 15) is 4.79 Å². The summed E-state index contributed by atoms with van der Waals surface area (Å²) in [5.41, 5.74) is 2.97. The minimum absolute atomic E-state index is 0.201. The largest absolute Gasteiger partial charge is 0.469 e. The molecular weight excluding hydrogens is 328 g/mol. The van der Waals surface area contributed by atoms with Gasteiger partial charge in [0, 0.05) is 30.6 Å². The second-order valence-corrected chi connectivity index (χ2v) is 7.22. The molecule has 0 saturated heterocycles. The minimum atomic E-state index is -0.252. The zero-order valence-corrected chi connectivity index (χ0v) is 15.7. The average molecular weight is 356 g/mol. The summed E-state index contributed by atoms with van der Waals surface area (Å²) in [7, 11) is 1.44. The summed E-state index contributed by atoms with van der Waals surface area (Å²) in [4.78, 5) is 12.2. The molecule has 1 unspecified atom stereocenters. The molecule has 0 radical (unpaired) electrons. The molecule has 1 fully saturated rings. The number of aryl methyl sites for hydroxylation is 1. The molecule has 0 amide bonds.